The van der Waals surface area contributed by atoms with Gasteiger partial charge in [0.2, 0.25) is 0 Å². The highest BCUT2D eigenvalue weighted by Crippen LogP contribution is 2.22. The molecule has 0 fully saturated rings. The van der Waals surface area contributed by atoms with E-state index in [1.54, 1.807) is 18.2 Å². The number of aromatic nitrogens is 1. The summed E-state index contributed by atoms with van der Waals surface area (Å²) in [5, 5.41) is 24.4. The molecule has 2 amide bonds. The summed E-state index contributed by atoms with van der Waals surface area (Å²) in [6.45, 7) is 0. The van der Waals surface area contributed by atoms with Gasteiger partial charge in [-0.2, -0.15) is 0 Å². The summed E-state index contributed by atoms with van der Waals surface area (Å²) in [7, 11) is 0. The van der Waals surface area contributed by atoms with Crippen LogP contribution in [0.2, 0.25) is 0 Å². The molecule has 1 heterocycles. The van der Waals surface area contributed by atoms with Gasteiger partial charge in [-0.25, -0.2) is 14.6 Å². The van der Waals surface area contributed by atoms with Gasteiger partial charge in [-0.1, -0.05) is 6.07 Å². The van der Waals surface area contributed by atoms with Crippen LogP contribution in [0.25, 0.3) is 0 Å². The lowest BCUT2D eigenvalue weighted by molar-refractivity contribution is -0.384. The van der Waals surface area contributed by atoms with Crippen molar-refractivity contribution >= 4 is 29.2 Å². The topological polar surface area (TPSA) is 134 Å². The molecule has 1 aromatic heterocycles. The predicted octanol–water partition coefficient (Wildman–Crippen LogP) is 2.33. The summed E-state index contributed by atoms with van der Waals surface area (Å²) < 4.78 is 0. The molecule has 2 rings (SSSR count). The second-order valence-electron chi connectivity index (χ2n) is 4.09. The Kier molecular flexibility index (Phi) is 4.27. The highest BCUT2D eigenvalue weighted by Gasteiger charge is 2.17. The smallest absolute Gasteiger partial charge is 0.338 e. The zero-order valence-electron chi connectivity index (χ0n) is 11.0. The fraction of sp³-hybridized carbons (Fsp3) is 0. The molecule has 0 aliphatic carbocycles. The summed E-state index contributed by atoms with van der Waals surface area (Å²) in [4.78, 5) is 36.7. The van der Waals surface area contributed by atoms with Crippen LogP contribution in [0.5, 0.6) is 0 Å². The summed E-state index contributed by atoms with van der Waals surface area (Å²) in [6, 6.07) is 7.29. The molecule has 0 spiro atoms. The first-order valence-corrected chi connectivity index (χ1v) is 5.98. The molecule has 0 saturated heterocycles. The van der Waals surface area contributed by atoms with Crippen molar-refractivity contribution in [1.29, 1.82) is 0 Å². The monoisotopic (exact) mass is 302 g/mol. The van der Waals surface area contributed by atoms with Gasteiger partial charge in [0, 0.05) is 18.3 Å². The molecule has 0 radical (unpaired) electrons. The molecular formula is C13H10N4O5. The van der Waals surface area contributed by atoms with Gasteiger partial charge in [0.15, 0.2) is 0 Å². The number of nitrogens with zero attached hydrogens (tertiary/aromatic N) is 2. The zero-order chi connectivity index (χ0) is 16.1. The zero-order valence-corrected chi connectivity index (χ0v) is 11.0. The molecule has 0 aliphatic rings. The molecule has 0 unspecified atom stereocenters. The van der Waals surface area contributed by atoms with Crippen molar-refractivity contribution in [2.45, 2.75) is 0 Å². The summed E-state index contributed by atoms with van der Waals surface area (Å²) >= 11 is 0. The number of nitro benzene ring substituents is 1. The lowest BCUT2D eigenvalue weighted by atomic mass is 10.1. The molecule has 2 aromatic rings. The molecule has 0 atom stereocenters. The Balaban J connectivity index is 2.20. The molecule has 3 N–H and O–H groups in total. The third-order valence-electron chi connectivity index (χ3n) is 2.60. The van der Waals surface area contributed by atoms with Crippen LogP contribution in [0.1, 0.15) is 10.4 Å². The molecule has 1 aromatic carbocycles. The van der Waals surface area contributed by atoms with Crippen LogP contribution < -0.4 is 10.6 Å². The number of amides is 2. The third kappa shape index (κ3) is 3.54. The number of carbonyl (C=O) groups is 2. The number of hydrogen-bond donors (Lipinski definition) is 3. The van der Waals surface area contributed by atoms with Crippen molar-refractivity contribution in [3.05, 3.63) is 58.3 Å². The number of aromatic carboxylic acids is 1. The number of carboxylic acid groups (broad SMARTS) is 1. The van der Waals surface area contributed by atoms with Crippen LogP contribution in [0.15, 0.2) is 42.6 Å². The van der Waals surface area contributed by atoms with Gasteiger partial charge in [-0.3, -0.25) is 15.4 Å². The third-order valence-corrected chi connectivity index (χ3v) is 2.60. The Morgan fingerprint density at radius 3 is 2.55 bits per heavy atom. The molecule has 0 saturated carbocycles. The minimum absolute atomic E-state index is 0.0634. The average Bonchev–Trinajstić information content (AvgIpc) is 2.48. The lowest BCUT2D eigenvalue weighted by Gasteiger charge is -2.09. The number of hydrogen-bond acceptors (Lipinski definition) is 5. The Labute approximate surface area is 123 Å². The van der Waals surface area contributed by atoms with E-state index in [0.29, 0.717) is 0 Å². The molecular weight excluding hydrogens is 292 g/mol. The Morgan fingerprint density at radius 1 is 1.18 bits per heavy atom. The fourth-order valence-electron chi connectivity index (χ4n) is 1.64. The summed E-state index contributed by atoms with van der Waals surface area (Å²) in [5.74, 6) is -1.12. The van der Waals surface area contributed by atoms with Gasteiger partial charge in [-0.05, 0) is 18.2 Å². The second-order valence-corrected chi connectivity index (χ2v) is 4.09. The van der Waals surface area contributed by atoms with Crippen LogP contribution in [0.4, 0.5) is 22.0 Å². The summed E-state index contributed by atoms with van der Waals surface area (Å²) in [6.07, 6.45) is 1.48. The van der Waals surface area contributed by atoms with Crippen molar-refractivity contribution in [3.63, 3.8) is 0 Å². The van der Waals surface area contributed by atoms with E-state index in [9.17, 15) is 19.7 Å². The van der Waals surface area contributed by atoms with E-state index >= 15 is 0 Å². The molecule has 9 nitrogen and oxygen atoms in total. The molecule has 22 heavy (non-hydrogen) atoms. The highest BCUT2D eigenvalue weighted by atomic mass is 16.6. The van der Waals surface area contributed by atoms with Crippen molar-refractivity contribution < 1.29 is 19.6 Å². The standard InChI is InChI=1S/C13H10N4O5/c18-12(19)9-7-8(17(21)22)4-5-10(9)15-13(20)16-11-3-1-2-6-14-11/h1-7H,(H,18,19)(H2,14,15,16,20). The maximum atomic E-state index is 11.8. The Morgan fingerprint density at radius 2 is 1.95 bits per heavy atom. The minimum Gasteiger partial charge on any atom is -0.478 e. The number of anilines is 2. The van der Waals surface area contributed by atoms with Crippen LogP contribution >= 0.6 is 0 Å². The first-order valence-electron chi connectivity index (χ1n) is 5.98. The maximum absolute atomic E-state index is 11.8. The van der Waals surface area contributed by atoms with E-state index in [4.69, 9.17) is 5.11 Å². The van der Waals surface area contributed by atoms with E-state index in [1.807, 2.05) is 0 Å². The minimum atomic E-state index is -1.39. The van der Waals surface area contributed by atoms with Gasteiger partial charge >= 0.3 is 12.0 Å². The number of benzene rings is 1. The van der Waals surface area contributed by atoms with Gasteiger partial charge in [0.25, 0.3) is 5.69 Å². The molecule has 0 aliphatic heterocycles. The number of carbonyl (C=O) groups excluding carboxylic acids is 1. The second kappa shape index (κ2) is 6.31. The quantitative estimate of drug-likeness (QED) is 0.586. The van der Waals surface area contributed by atoms with Gasteiger partial charge < -0.3 is 10.4 Å². The first-order chi connectivity index (χ1) is 10.5. The molecule has 112 valence electrons. The van der Waals surface area contributed by atoms with Crippen LogP contribution in [-0.4, -0.2) is 27.0 Å². The number of carboxylic acids is 1. The van der Waals surface area contributed by atoms with Crippen LogP contribution in [0.3, 0.4) is 0 Å². The number of non-ortho nitro benzene ring substituents is 1. The lowest BCUT2D eigenvalue weighted by Crippen LogP contribution is -2.21. The van der Waals surface area contributed by atoms with Crippen molar-refractivity contribution in [2.24, 2.45) is 0 Å². The van der Waals surface area contributed by atoms with Crippen LogP contribution in [-0.2, 0) is 0 Å². The van der Waals surface area contributed by atoms with Gasteiger partial charge in [-0.15, -0.1) is 0 Å². The molecule has 9 heteroatoms. The number of rotatable bonds is 4. The van der Waals surface area contributed by atoms with E-state index < -0.39 is 16.9 Å². The first kappa shape index (κ1) is 14.9. The van der Waals surface area contributed by atoms with E-state index in [2.05, 4.69) is 15.6 Å². The van der Waals surface area contributed by atoms with E-state index in [-0.39, 0.29) is 22.8 Å². The van der Waals surface area contributed by atoms with Crippen molar-refractivity contribution in [3.8, 4) is 0 Å². The van der Waals surface area contributed by atoms with Crippen molar-refractivity contribution in [2.75, 3.05) is 10.6 Å². The number of nitrogens with one attached hydrogen (secondary N) is 2. The normalized spacial score (nSPS) is 9.82. The van der Waals surface area contributed by atoms with Gasteiger partial charge in [0.1, 0.15) is 5.82 Å². The fourth-order valence-corrected chi connectivity index (χ4v) is 1.64. The van der Waals surface area contributed by atoms with E-state index in [0.717, 1.165) is 18.2 Å². The average molecular weight is 302 g/mol. The molecule has 0 bridgehead atoms. The highest BCUT2D eigenvalue weighted by molar-refractivity contribution is 6.04. The number of nitro groups is 1. The number of pyridine rings is 1. The Hall–Kier alpha value is -3.49. The van der Waals surface area contributed by atoms with Crippen molar-refractivity contribution in [1.82, 2.24) is 4.98 Å². The van der Waals surface area contributed by atoms with Crippen LogP contribution in [0, 0.1) is 10.1 Å². The summed E-state index contributed by atoms with van der Waals surface area (Å²) in [5.41, 5.74) is -0.829. The number of urea groups is 1. The Bertz CT molecular complexity index is 732. The van der Waals surface area contributed by atoms with E-state index in [1.165, 1.54) is 6.20 Å². The SMILES string of the molecule is O=C(Nc1ccccn1)Nc1ccc([N+](=O)[O-])cc1C(=O)O. The van der Waals surface area contributed by atoms with Gasteiger partial charge in [0.05, 0.1) is 16.2 Å². The maximum Gasteiger partial charge on any atom is 0.338 e. The predicted molar refractivity (Wildman–Crippen MR) is 76.9 cm³/mol. The largest absolute Gasteiger partial charge is 0.478 e.